The number of rotatable bonds is 6. The number of carbonyl (C=O) groups is 1. The molecule has 1 aromatic carbocycles. The zero-order chi connectivity index (χ0) is 19.6. The van der Waals surface area contributed by atoms with Gasteiger partial charge in [0, 0.05) is 30.4 Å². The summed E-state index contributed by atoms with van der Waals surface area (Å²) in [5.74, 6) is -0.116. The van der Waals surface area contributed by atoms with E-state index in [1.54, 1.807) is 13.3 Å². The maximum Gasteiger partial charge on any atom is 0.281 e. The van der Waals surface area contributed by atoms with Gasteiger partial charge in [-0.05, 0) is 32.9 Å². The van der Waals surface area contributed by atoms with Gasteiger partial charge in [0.2, 0.25) is 5.91 Å². The number of ether oxygens (including phenoxy) is 1. The molecular formula is C20H24N4O3. The Balaban J connectivity index is 2.07. The number of aromatic nitrogens is 3. The molecule has 2 heterocycles. The molecule has 0 unspecified atom stereocenters. The summed E-state index contributed by atoms with van der Waals surface area (Å²) in [6.45, 7) is 6.49. The predicted molar refractivity (Wildman–Crippen MR) is 104 cm³/mol. The Labute approximate surface area is 157 Å². The molecule has 0 fully saturated rings. The van der Waals surface area contributed by atoms with Crippen molar-refractivity contribution in [3.05, 3.63) is 58.3 Å². The molecule has 1 N–H and O–H groups in total. The normalized spacial score (nSPS) is 12.3. The van der Waals surface area contributed by atoms with E-state index in [-0.39, 0.29) is 11.5 Å². The molecule has 142 valence electrons. The van der Waals surface area contributed by atoms with E-state index < -0.39 is 6.04 Å². The molecule has 0 spiro atoms. The van der Waals surface area contributed by atoms with Gasteiger partial charge >= 0.3 is 0 Å². The topological polar surface area (TPSA) is 78.2 Å². The van der Waals surface area contributed by atoms with Crippen molar-refractivity contribution in [2.75, 3.05) is 20.3 Å². The molecular weight excluding hydrogens is 344 g/mol. The third-order valence-electron chi connectivity index (χ3n) is 4.83. The van der Waals surface area contributed by atoms with E-state index in [0.717, 1.165) is 16.8 Å². The first-order valence-corrected chi connectivity index (χ1v) is 8.88. The van der Waals surface area contributed by atoms with Gasteiger partial charge in [-0.25, -0.2) is 0 Å². The molecule has 2 aromatic heterocycles. The first-order valence-electron chi connectivity index (χ1n) is 8.88. The van der Waals surface area contributed by atoms with Crippen molar-refractivity contribution in [2.24, 2.45) is 0 Å². The number of nitrogens with one attached hydrogen (secondary N) is 1. The van der Waals surface area contributed by atoms with Crippen molar-refractivity contribution >= 4 is 16.7 Å². The maximum absolute atomic E-state index is 13.1. The Hall–Kier alpha value is -2.93. The number of hydrogen-bond acceptors (Lipinski definition) is 4. The van der Waals surface area contributed by atoms with E-state index >= 15 is 0 Å². The molecule has 27 heavy (non-hydrogen) atoms. The summed E-state index contributed by atoms with van der Waals surface area (Å²) in [6.07, 6.45) is 1.69. The second kappa shape index (κ2) is 7.75. The Morgan fingerprint density at radius 1 is 1.22 bits per heavy atom. The lowest BCUT2D eigenvalue weighted by molar-refractivity contribution is -0.124. The van der Waals surface area contributed by atoms with Crippen LogP contribution in [0.2, 0.25) is 0 Å². The number of aryl methyl sites for hydroxylation is 2. The van der Waals surface area contributed by atoms with Crippen LogP contribution in [-0.4, -0.2) is 40.5 Å². The maximum atomic E-state index is 13.1. The third-order valence-corrected chi connectivity index (χ3v) is 4.83. The van der Waals surface area contributed by atoms with Gasteiger partial charge in [0.25, 0.3) is 5.56 Å². The summed E-state index contributed by atoms with van der Waals surface area (Å²) < 4.78 is 8.26. The average molecular weight is 368 g/mol. The van der Waals surface area contributed by atoms with Crippen LogP contribution in [0.5, 0.6) is 0 Å². The van der Waals surface area contributed by atoms with Crippen LogP contribution >= 0.6 is 0 Å². The van der Waals surface area contributed by atoms with Crippen molar-refractivity contribution in [1.29, 1.82) is 0 Å². The molecule has 7 nitrogen and oxygen atoms in total. The standard InChI is InChI=1S/C20H24N4O3/c1-13-17-12-22-24(16-8-6-5-7-9-16)20(26)18(17)14(2)23(13)15(3)19(25)21-10-11-27-4/h5-9,12,15H,10-11H2,1-4H3,(H,21,25)/t15-/m0/s1. The molecule has 3 aromatic rings. The summed E-state index contributed by atoms with van der Waals surface area (Å²) in [6, 6.07) is 8.85. The van der Waals surface area contributed by atoms with E-state index in [1.165, 1.54) is 4.68 Å². The van der Waals surface area contributed by atoms with Crippen molar-refractivity contribution in [3.8, 4) is 5.69 Å². The van der Waals surface area contributed by atoms with Crippen LogP contribution < -0.4 is 10.9 Å². The SMILES string of the molecule is COCCNC(=O)[C@H](C)n1c(C)c2cnn(-c3ccccc3)c(=O)c2c1C. The van der Waals surface area contributed by atoms with E-state index in [2.05, 4.69) is 10.4 Å². The summed E-state index contributed by atoms with van der Waals surface area (Å²) >= 11 is 0. The summed E-state index contributed by atoms with van der Waals surface area (Å²) in [7, 11) is 1.59. The van der Waals surface area contributed by atoms with Gasteiger partial charge in [-0.2, -0.15) is 9.78 Å². The van der Waals surface area contributed by atoms with Crippen LogP contribution in [0.4, 0.5) is 0 Å². The number of para-hydroxylation sites is 1. The smallest absolute Gasteiger partial charge is 0.281 e. The third kappa shape index (κ3) is 3.38. The zero-order valence-electron chi connectivity index (χ0n) is 16.0. The number of carbonyl (C=O) groups excluding carboxylic acids is 1. The van der Waals surface area contributed by atoms with Gasteiger partial charge in [0.15, 0.2) is 0 Å². The van der Waals surface area contributed by atoms with Crippen LogP contribution in [0.15, 0.2) is 41.3 Å². The highest BCUT2D eigenvalue weighted by atomic mass is 16.5. The van der Waals surface area contributed by atoms with Gasteiger partial charge in [0.1, 0.15) is 6.04 Å². The molecule has 1 amide bonds. The highest BCUT2D eigenvalue weighted by molar-refractivity contribution is 5.89. The summed E-state index contributed by atoms with van der Waals surface area (Å²) in [5, 5.41) is 8.53. The predicted octanol–water partition coefficient (Wildman–Crippen LogP) is 2.13. The van der Waals surface area contributed by atoms with Gasteiger partial charge < -0.3 is 14.6 Å². The van der Waals surface area contributed by atoms with E-state index in [4.69, 9.17) is 4.74 Å². The van der Waals surface area contributed by atoms with Gasteiger partial charge in [0.05, 0.1) is 23.9 Å². The molecule has 0 saturated heterocycles. The molecule has 0 saturated carbocycles. The van der Waals surface area contributed by atoms with Gasteiger partial charge in [-0.3, -0.25) is 9.59 Å². The first-order chi connectivity index (χ1) is 13.0. The minimum Gasteiger partial charge on any atom is -0.383 e. The van der Waals surface area contributed by atoms with Gasteiger partial charge in [-0.15, -0.1) is 0 Å². The lowest BCUT2D eigenvalue weighted by atomic mass is 10.2. The molecule has 0 aliphatic carbocycles. The molecule has 0 aliphatic heterocycles. The summed E-state index contributed by atoms with van der Waals surface area (Å²) in [4.78, 5) is 25.6. The number of benzene rings is 1. The fraction of sp³-hybridized carbons (Fsp3) is 0.350. The average Bonchev–Trinajstić information content (AvgIpc) is 2.93. The molecule has 0 aliphatic rings. The number of fused-ring (bicyclic) bond motifs is 1. The quantitative estimate of drug-likeness (QED) is 0.676. The van der Waals surface area contributed by atoms with Crippen LogP contribution in [0, 0.1) is 13.8 Å². The molecule has 3 rings (SSSR count). The van der Waals surface area contributed by atoms with Crippen molar-refractivity contribution < 1.29 is 9.53 Å². The van der Waals surface area contributed by atoms with E-state index in [9.17, 15) is 9.59 Å². The van der Waals surface area contributed by atoms with Gasteiger partial charge in [-0.1, -0.05) is 18.2 Å². The number of methoxy groups -OCH3 is 1. The van der Waals surface area contributed by atoms with Crippen molar-refractivity contribution in [1.82, 2.24) is 19.7 Å². The number of hydrogen-bond donors (Lipinski definition) is 1. The molecule has 0 bridgehead atoms. The van der Waals surface area contributed by atoms with Crippen LogP contribution in [0.3, 0.4) is 0 Å². The largest absolute Gasteiger partial charge is 0.383 e. The fourth-order valence-corrected chi connectivity index (χ4v) is 3.45. The zero-order valence-corrected chi connectivity index (χ0v) is 16.0. The highest BCUT2D eigenvalue weighted by Crippen LogP contribution is 2.26. The van der Waals surface area contributed by atoms with Crippen LogP contribution in [-0.2, 0) is 9.53 Å². The fourth-order valence-electron chi connectivity index (χ4n) is 3.45. The first kappa shape index (κ1) is 18.8. The lowest BCUT2D eigenvalue weighted by Crippen LogP contribution is -2.34. The summed E-state index contributed by atoms with van der Waals surface area (Å²) in [5.41, 5.74) is 2.13. The highest BCUT2D eigenvalue weighted by Gasteiger charge is 2.23. The minimum absolute atomic E-state index is 0.116. The number of amides is 1. The number of nitrogens with zero attached hydrogens (tertiary/aromatic N) is 3. The Morgan fingerprint density at radius 2 is 1.93 bits per heavy atom. The lowest BCUT2D eigenvalue weighted by Gasteiger charge is -2.18. The second-order valence-corrected chi connectivity index (χ2v) is 6.49. The Morgan fingerprint density at radius 3 is 2.59 bits per heavy atom. The Bertz CT molecular complexity index is 1020. The second-order valence-electron chi connectivity index (χ2n) is 6.49. The Kier molecular flexibility index (Phi) is 5.41. The molecule has 0 radical (unpaired) electrons. The van der Waals surface area contributed by atoms with E-state index in [1.807, 2.05) is 55.7 Å². The van der Waals surface area contributed by atoms with Crippen LogP contribution in [0.25, 0.3) is 16.5 Å². The molecule has 1 atom stereocenters. The molecule has 7 heteroatoms. The van der Waals surface area contributed by atoms with Crippen LogP contribution in [0.1, 0.15) is 24.4 Å². The minimum atomic E-state index is -0.446. The monoisotopic (exact) mass is 368 g/mol. The van der Waals surface area contributed by atoms with Crippen molar-refractivity contribution in [3.63, 3.8) is 0 Å². The van der Waals surface area contributed by atoms with E-state index in [0.29, 0.717) is 24.2 Å². The van der Waals surface area contributed by atoms with Crippen molar-refractivity contribution in [2.45, 2.75) is 26.8 Å².